The van der Waals surface area contributed by atoms with E-state index in [0.717, 1.165) is 19.6 Å². The normalized spacial score (nSPS) is 22.9. The first-order chi connectivity index (χ1) is 6.88. The maximum atomic E-state index is 5.68. The van der Waals surface area contributed by atoms with Crippen molar-refractivity contribution in [2.75, 3.05) is 13.2 Å². The smallest absolute Gasteiger partial charge is 0.0738 e. The van der Waals surface area contributed by atoms with Crippen LogP contribution in [0.15, 0.2) is 0 Å². The summed E-state index contributed by atoms with van der Waals surface area (Å²) in [5.74, 6) is 6.09. The molecule has 0 aliphatic carbocycles. The summed E-state index contributed by atoms with van der Waals surface area (Å²) in [6.07, 6.45) is 4.87. The van der Waals surface area contributed by atoms with Crippen molar-refractivity contribution in [1.29, 1.82) is 0 Å². The second-order valence-electron chi connectivity index (χ2n) is 3.74. The van der Waals surface area contributed by atoms with Crippen LogP contribution in [-0.4, -0.2) is 25.3 Å². The van der Waals surface area contributed by atoms with Gasteiger partial charge in [0.25, 0.3) is 0 Å². The number of rotatable bonds is 5. The fraction of sp³-hybridized carbons (Fsp3) is 0.833. The molecule has 80 valence electrons. The Labute approximate surface area is 87.4 Å². The molecule has 0 aromatic rings. The molecule has 0 bridgehead atoms. The molecule has 14 heavy (non-hydrogen) atoms. The molecule has 1 aliphatic heterocycles. The van der Waals surface area contributed by atoms with E-state index in [1.165, 1.54) is 19.3 Å². The predicted octanol–water partition coefficient (Wildman–Crippen LogP) is 1.95. The zero-order valence-corrected chi connectivity index (χ0v) is 9.31. The van der Waals surface area contributed by atoms with Gasteiger partial charge in [-0.1, -0.05) is 6.92 Å². The Morgan fingerprint density at radius 3 is 3.00 bits per heavy atom. The van der Waals surface area contributed by atoms with Crippen molar-refractivity contribution in [1.82, 2.24) is 5.32 Å². The second-order valence-corrected chi connectivity index (χ2v) is 3.74. The van der Waals surface area contributed by atoms with Crippen LogP contribution in [-0.2, 0) is 4.74 Å². The Morgan fingerprint density at radius 2 is 2.43 bits per heavy atom. The molecular weight excluding hydrogens is 174 g/mol. The van der Waals surface area contributed by atoms with Crippen molar-refractivity contribution in [2.45, 2.75) is 51.7 Å². The molecule has 1 aliphatic rings. The fourth-order valence-corrected chi connectivity index (χ4v) is 1.80. The topological polar surface area (TPSA) is 21.3 Å². The zero-order valence-electron chi connectivity index (χ0n) is 9.31. The van der Waals surface area contributed by atoms with Crippen molar-refractivity contribution < 1.29 is 4.74 Å². The van der Waals surface area contributed by atoms with E-state index in [-0.39, 0.29) is 0 Å². The van der Waals surface area contributed by atoms with Gasteiger partial charge in [-0.25, -0.2) is 0 Å². The van der Waals surface area contributed by atoms with Gasteiger partial charge < -0.3 is 10.1 Å². The minimum Gasteiger partial charge on any atom is -0.377 e. The highest BCUT2D eigenvalue weighted by Gasteiger charge is 2.24. The van der Waals surface area contributed by atoms with E-state index in [1.807, 2.05) is 6.92 Å². The van der Waals surface area contributed by atoms with Gasteiger partial charge in [0, 0.05) is 19.1 Å². The third-order valence-electron chi connectivity index (χ3n) is 2.57. The minimum atomic E-state index is 0.391. The quantitative estimate of drug-likeness (QED) is 0.677. The molecule has 0 aromatic carbocycles. The van der Waals surface area contributed by atoms with E-state index in [2.05, 4.69) is 24.1 Å². The molecule has 1 rings (SSSR count). The number of ether oxygens (including phenoxy) is 1. The molecule has 0 aromatic heterocycles. The molecule has 1 heterocycles. The van der Waals surface area contributed by atoms with Crippen LogP contribution in [0.2, 0.25) is 0 Å². The van der Waals surface area contributed by atoms with Gasteiger partial charge in [0.1, 0.15) is 0 Å². The van der Waals surface area contributed by atoms with Crippen molar-refractivity contribution in [3.63, 3.8) is 0 Å². The highest BCUT2D eigenvalue weighted by atomic mass is 16.5. The van der Waals surface area contributed by atoms with E-state index in [9.17, 15) is 0 Å². The number of hydrogen-bond donors (Lipinski definition) is 1. The summed E-state index contributed by atoms with van der Waals surface area (Å²) < 4.78 is 5.68. The van der Waals surface area contributed by atoms with Crippen LogP contribution in [0.4, 0.5) is 0 Å². The van der Waals surface area contributed by atoms with Gasteiger partial charge in [-0.2, -0.15) is 0 Å². The van der Waals surface area contributed by atoms with Gasteiger partial charge in [0.15, 0.2) is 0 Å². The van der Waals surface area contributed by atoms with Crippen molar-refractivity contribution in [2.24, 2.45) is 0 Å². The lowest BCUT2D eigenvalue weighted by atomic mass is 10.0. The van der Waals surface area contributed by atoms with Crippen LogP contribution in [0.5, 0.6) is 0 Å². The van der Waals surface area contributed by atoms with E-state index in [4.69, 9.17) is 4.74 Å². The van der Waals surface area contributed by atoms with Gasteiger partial charge in [-0.15, -0.1) is 11.8 Å². The Kier molecular flexibility index (Phi) is 5.66. The maximum Gasteiger partial charge on any atom is 0.0738 e. The van der Waals surface area contributed by atoms with Crippen molar-refractivity contribution >= 4 is 0 Å². The summed E-state index contributed by atoms with van der Waals surface area (Å²) >= 11 is 0. The first-order valence-electron chi connectivity index (χ1n) is 5.63. The number of nitrogens with one attached hydrogen (secondary N) is 1. The molecular formula is C12H21NO. The maximum absolute atomic E-state index is 5.68. The summed E-state index contributed by atoms with van der Waals surface area (Å²) in [5.41, 5.74) is 0. The van der Waals surface area contributed by atoms with Gasteiger partial charge in [-0.3, -0.25) is 0 Å². The molecule has 2 heteroatoms. The largest absolute Gasteiger partial charge is 0.377 e. The molecule has 2 nitrogen and oxygen atoms in total. The summed E-state index contributed by atoms with van der Waals surface area (Å²) in [6, 6.07) is 0.435. The third kappa shape index (κ3) is 3.69. The Morgan fingerprint density at radius 1 is 1.57 bits per heavy atom. The van der Waals surface area contributed by atoms with Crippen LogP contribution in [0.1, 0.15) is 39.5 Å². The van der Waals surface area contributed by atoms with Crippen LogP contribution < -0.4 is 5.32 Å². The molecule has 0 spiro atoms. The molecule has 1 fully saturated rings. The van der Waals surface area contributed by atoms with Crippen LogP contribution in [0, 0.1) is 11.8 Å². The average molecular weight is 195 g/mol. The minimum absolute atomic E-state index is 0.391. The van der Waals surface area contributed by atoms with Crippen molar-refractivity contribution in [3.05, 3.63) is 0 Å². The second kappa shape index (κ2) is 6.86. The molecule has 2 atom stereocenters. The summed E-state index contributed by atoms with van der Waals surface area (Å²) in [5, 5.41) is 3.52. The SMILES string of the molecule is CC#CCC(NCCC)C1CCCO1. The third-order valence-corrected chi connectivity index (χ3v) is 2.57. The van der Waals surface area contributed by atoms with Gasteiger partial charge in [0.2, 0.25) is 0 Å². The monoisotopic (exact) mass is 195 g/mol. The first kappa shape index (κ1) is 11.6. The highest BCUT2D eigenvalue weighted by molar-refractivity contribution is 5.00. The summed E-state index contributed by atoms with van der Waals surface area (Å²) in [6.45, 7) is 6.07. The van der Waals surface area contributed by atoms with Gasteiger partial charge in [-0.05, 0) is 32.7 Å². The van der Waals surface area contributed by atoms with Gasteiger partial charge >= 0.3 is 0 Å². The molecule has 1 saturated heterocycles. The fourth-order valence-electron chi connectivity index (χ4n) is 1.80. The molecule has 2 unspecified atom stereocenters. The van der Waals surface area contributed by atoms with E-state index >= 15 is 0 Å². The lowest BCUT2D eigenvalue weighted by molar-refractivity contribution is 0.0798. The summed E-state index contributed by atoms with van der Waals surface area (Å²) in [7, 11) is 0. The van der Waals surface area contributed by atoms with Crippen molar-refractivity contribution in [3.8, 4) is 11.8 Å². The van der Waals surface area contributed by atoms with E-state index in [0.29, 0.717) is 12.1 Å². The standard InChI is InChI=1S/C12H21NO/c1-3-5-7-11(13-9-4-2)12-8-6-10-14-12/h11-13H,4,6-10H2,1-2H3. The zero-order chi connectivity index (χ0) is 10.2. The lowest BCUT2D eigenvalue weighted by Crippen LogP contribution is -2.39. The molecule has 0 radical (unpaired) electrons. The van der Waals surface area contributed by atoms with E-state index in [1.54, 1.807) is 0 Å². The summed E-state index contributed by atoms with van der Waals surface area (Å²) in [4.78, 5) is 0. The first-order valence-corrected chi connectivity index (χ1v) is 5.63. The highest BCUT2D eigenvalue weighted by Crippen LogP contribution is 2.17. The Hall–Kier alpha value is -0.520. The Balaban J connectivity index is 2.36. The van der Waals surface area contributed by atoms with Gasteiger partial charge in [0.05, 0.1) is 6.10 Å². The van der Waals surface area contributed by atoms with Crippen LogP contribution >= 0.6 is 0 Å². The van der Waals surface area contributed by atoms with E-state index < -0.39 is 0 Å². The lowest BCUT2D eigenvalue weighted by Gasteiger charge is -2.22. The van der Waals surface area contributed by atoms with Crippen LogP contribution in [0.25, 0.3) is 0 Å². The molecule has 0 amide bonds. The van der Waals surface area contributed by atoms with Crippen LogP contribution in [0.3, 0.4) is 0 Å². The average Bonchev–Trinajstić information content (AvgIpc) is 2.71. The Bertz CT molecular complexity index is 198. The number of hydrogen-bond acceptors (Lipinski definition) is 2. The predicted molar refractivity (Wildman–Crippen MR) is 59.1 cm³/mol. The molecule has 0 saturated carbocycles. The molecule has 1 N–H and O–H groups in total.